The monoisotopic (exact) mass is 711 g/mol. The quantitative estimate of drug-likeness (QED) is 0.193. The first-order valence-electron chi connectivity index (χ1n) is 19.1. The molecule has 0 aliphatic carbocycles. The molecular weight excluding hydrogens is 659 g/mol. The number of aromatic nitrogens is 3. The third kappa shape index (κ3) is 6.75. The number of phenolic OH excluding ortho intramolecular Hbond substituents is 1. The van der Waals surface area contributed by atoms with Gasteiger partial charge in [0, 0.05) is 28.6 Å². The van der Waals surface area contributed by atoms with Crippen molar-refractivity contribution in [1.82, 2.24) is 14.5 Å². The Hall–Kier alpha value is -5.48. The molecule has 0 saturated carbocycles. The van der Waals surface area contributed by atoms with E-state index in [2.05, 4.69) is 184 Å². The zero-order valence-corrected chi connectivity index (χ0v) is 33.8. The smallest absolute Gasteiger partial charge is 0.149 e. The van der Waals surface area contributed by atoms with Crippen molar-refractivity contribution in [3.05, 3.63) is 143 Å². The van der Waals surface area contributed by atoms with Crippen molar-refractivity contribution in [1.29, 1.82) is 0 Å². The van der Waals surface area contributed by atoms with E-state index in [0.29, 0.717) is 5.82 Å². The van der Waals surface area contributed by atoms with Crippen LogP contribution in [0.4, 0.5) is 0 Å². The molecule has 4 nitrogen and oxygen atoms in total. The van der Waals surface area contributed by atoms with Crippen LogP contribution in [0.3, 0.4) is 0 Å². The standard InChI is InChI=1S/C50H53N3O/c1-31-30-51-44(32(2)43(31)33-19-14-12-15-20-33)35-25-34(26-36(27-35)48(3,4)5)39-23-18-24-42-45(39)52-47(53(42)38-21-16-13-17-22-38)40-28-37(49(6,7)8)29-41(46(40)54)50(9,10)11/h12-30,54H,1-11H3. The summed E-state index contributed by atoms with van der Waals surface area (Å²) in [7, 11) is 0. The maximum atomic E-state index is 12.1. The Morgan fingerprint density at radius 2 is 1.19 bits per heavy atom. The second-order valence-corrected chi connectivity index (χ2v) is 17.9. The van der Waals surface area contributed by atoms with Crippen LogP contribution in [0.2, 0.25) is 0 Å². The molecule has 0 aliphatic heterocycles. The molecule has 2 aromatic heterocycles. The van der Waals surface area contributed by atoms with Gasteiger partial charge >= 0.3 is 0 Å². The van der Waals surface area contributed by atoms with Gasteiger partial charge in [0.05, 0.1) is 22.3 Å². The van der Waals surface area contributed by atoms with Crippen molar-refractivity contribution in [2.75, 3.05) is 0 Å². The van der Waals surface area contributed by atoms with Crippen LogP contribution in [-0.4, -0.2) is 19.6 Å². The van der Waals surface area contributed by atoms with E-state index in [4.69, 9.17) is 9.97 Å². The number of benzene rings is 5. The fraction of sp³-hybridized carbons (Fsp3) is 0.280. The van der Waals surface area contributed by atoms with E-state index in [-0.39, 0.29) is 22.0 Å². The Balaban J connectivity index is 1.53. The third-order valence-corrected chi connectivity index (χ3v) is 10.7. The first-order chi connectivity index (χ1) is 25.4. The number of hydrogen-bond acceptors (Lipinski definition) is 3. The van der Waals surface area contributed by atoms with Crippen LogP contribution >= 0.6 is 0 Å². The van der Waals surface area contributed by atoms with Crippen molar-refractivity contribution in [2.24, 2.45) is 0 Å². The molecule has 0 unspecified atom stereocenters. The Kier molecular flexibility index (Phi) is 9.16. The topological polar surface area (TPSA) is 50.9 Å². The lowest BCUT2D eigenvalue weighted by molar-refractivity contribution is 0.446. The fourth-order valence-corrected chi connectivity index (χ4v) is 7.59. The number of imidazole rings is 1. The highest BCUT2D eigenvalue weighted by Crippen LogP contribution is 2.45. The molecule has 0 saturated heterocycles. The summed E-state index contributed by atoms with van der Waals surface area (Å²) in [6.45, 7) is 24.3. The minimum Gasteiger partial charge on any atom is -0.507 e. The Morgan fingerprint density at radius 1 is 0.574 bits per heavy atom. The largest absolute Gasteiger partial charge is 0.507 e. The molecule has 274 valence electrons. The third-order valence-electron chi connectivity index (χ3n) is 10.7. The van der Waals surface area contributed by atoms with Gasteiger partial charge in [-0.3, -0.25) is 9.55 Å². The molecule has 54 heavy (non-hydrogen) atoms. The van der Waals surface area contributed by atoms with Gasteiger partial charge in [-0.25, -0.2) is 4.98 Å². The summed E-state index contributed by atoms with van der Waals surface area (Å²) in [5, 5.41) is 12.1. The van der Waals surface area contributed by atoms with E-state index in [1.54, 1.807) is 0 Å². The van der Waals surface area contributed by atoms with E-state index in [0.717, 1.165) is 66.9 Å². The number of para-hydroxylation sites is 2. The maximum absolute atomic E-state index is 12.1. The minimum absolute atomic E-state index is 0.114. The highest BCUT2D eigenvalue weighted by atomic mass is 16.3. The molecule has 7 aromatic rings. The van der Waals surface area contributed by atoms with Gasteiger partial charge < -0.3 is 5.11 Å². The Bertz CT molecular complexity index is 2500. The number of pyridine rings is 1. The zero-order valence-electron chi connectivity index (χ0n) is 33.8. The summed E-state index contributed by atoms with van der Waals surface area (Å²) >= 11 is 0. The van der Waals surface area contributed by atoms with Gasteiger partial charge in [0.15, 0.2) is 0 Å². The first-order valence-corrected chi connectivity index (χ1v) is 19.1. The van der Waals surface area contributed by atoms with Gasteiger partial charge in [0.25, 0.3) is 0 Å². The second kappa shape index (κ2) is 13.4. The van der Waals surface area contributed by atoms with Crippen LogP contribution in [0.1, 0.15) is 90.1 Å². The molecule has 7 rings (SSSR count). The van der Waals surface area contributed by atoms with Crippen LogP contribution in [0.25, 0.3) is 61.6 Å². The molecule has 4 heteroatoms. The molecule has 5 aromatic carbocycles. The fourth-order valence-electron chi connectivity index (χ4n) is 7.59. The summed E-state index contributed by atoms with van der Waals surface area (Å²) in [5.74, 6) is 0.991. The van der Waals surface area contributed by atoms with Crippen LogP contribution < -0.4 is 0 Å². The summed E-state index contributed by atoms with van der Waals surface area (Å²) in [5.41, 5.74) is 15.3. The predicted molar refractivity (Wildman–Crippen MR) is 228 cm³/mol. The summed E-state index contributed by atoms with van der Waals surface area (Å²) in [6, 6.07) is 38.6. The summed E-state index contributed by atoms with van der Waals surface area (Å²) < 4.78 is 2.21. The second-order valence-electron chi connectivity index (χ2n) is 17.9. The lowest BCUT2D eigenvalue weighted by Gasteiger charge is -2.27. The Morgan fingerprint density at radius 3 is 1.81 bits per heavy atom. The van der Waals surface area contributed by atoms with Crippen LogP contribution in [0.5, 0.6) is 5.75 Å². The average Bonchev–Trinajstić information content (AvgIpc) is 3.51. The number of rotatable bonds is 5. The molecule has 2 heterocycles. The van der Waals surface area contributed by atoms with E-state index >= 15 is 0 Å². The highest BCUT2D eigenvalue weighted by Gasteiger charge is 2.29. The molecule has 0 atom stereocenters. The minimum atomic E-state index is -0.277. The lowest BCUT2D eigenvalue weighted by Crippen LogP contribution is -2.17. The average molecular weight is 712 g/mol. The normalized spacial score (nSPS) is 12.4. The SMILES string of the molecule is Cc1cnc(-c2cc(-c3cccc4c3nc(-c3cc(C(C)(C)C)cc(C(C)(C)C)c3O)n4-c3ccccc3)cc(C(C)(C)C)c2)c(C)c1-c1ccccc1. The molecule has 0 fully saturated rings. The molecule has 0 bridgehead atoms. The first kappa shape index (κ1) is 36.9. The number of hydrogen-bond donors (Lipinski definition) is 1. The van der Waals surface area contributed by atoms with Gasteiger partial charge in [0.2, 0.25) is 0 Å². The van der Waals surface area contributed by atoms with Gasteiger partial charge in [-0.1, -0.05) is 135 Å². The number of phenols is 1. The molecule has 0 amide bonds. The molecular formula is C50H53N3O. The van der Waals surface area contributed by atoms with E-state index in [1.807, 2.05) is 12.3 Å². The van der Waals surface area contributed by atoms with Crippen molar-refractivity contribution < 1.29 is 5.11 Å². The van der Waals surface area contributed by atoms with Crippen molar-refractivity contribution in [3.8, 4) is 56.3 Å². The summed E-state index contributed by atoms with van der Waals surface area (Å²) in [6.07, 6.45) is 2.01. The van der Waals surface area contributed by atoms with Crippen molar-refractivity contribution in [3.63, 3.8) is 0 Å². The Labute approximate surface area is 321 Å². The van der Waals surface area contributed by atoms with Crippen molar-refractivity contribution in [2.45, 2.75) is 92.4 Å². The van der Waals surface area contributed by atoms with E-state index in [1.165, 1.54) is 16.7 Å². The number of aromatic hydroxyl groups is 1. The van der Waals surface area contributed by atoms with Gasteiger partial charge in [-0.15, -0.1) is 0 Å². The van der Waals surface area contributed by atoms with Crippen molar-refractivity contribution >= 4 is 11.0 Å². The summed E-state index contributed by atoms with van der Waals surface area (Å²) in [4.78, 5) is 10.6. The number of fused-ring (bicyclic) bond motifs is 1. The number of aryl methyl sites for hydroxylation is 1. The lowest BCUT2D eigenvalue weighted by atomic mass is 9.79. The van der Waals surface area contributed by atoms with Crippen LogP contribution in [0, 0.1) is 13.8 Å². The van der Waals surface area contributed by atoms with Crippen LogP contribution in [0.15, 0.2) is 115 Å². The molecule has 0 spiro atoms. The van der Waals surface area contributed by atoms with Gasteiger partial charge in [-0.05, 0) is 105 Å². The number of nitrogens with zero attached hydrogens (tertiary/aromatic N) is 3. The predicted octanol–water partition coefficient (Wildman–Crippen LogP) is 13.3. The maximum Gasteiger partial charge on any atom is 0.149 e. The van der Waals surface area contributed by atoms with Gasteiger partial charge in [0.1, 0.15) is 11.6 Å². The molecule has 0 aliphatic rings. The van der Waals surface area contributed by atoms with Gasteiger partial charge in [-0.2, -0.15) is 0 Å². The highest BCUT2D eigenvalue weighted by molar-refractivity contribution is 5.97. The van der Waals surface area contributed by atoms with E-state index < -0.39 is 0 Å². The zero-order chi connectivity index (χ0) is 38.7. The van der Waals surface area contributed by atoms with E-state index in [9.17, 15) is 5.11 Å². The molecule has 1 N–H and O–H groups in total. The molecule has 0 radical (unpaired) electrons. The van der Waals surface area contributed by atoms with Crippen LogP contribution in [-0.2, 0) is 16.2 Å².